The highest BCUT2D eigenvalue weighted by Gasteiger charge is 2.31. The number of halogens is 2. The SMILES string of the molecule is Cn1nc(C2CCN(C(=O)COc3ccc(Cl)cc3Cl)CC2)n(C2CCCC2)c1=O. The molecule has 162 valence electrons. The summed E-state index contributed by atoms with van der Waals surface area (Å²) in [4.78, 5) is 27.0. The van der Waals surface area contributed by atoms with E-state index in [1.807, 2.05) is 4.57 Å². The predicted octanol–water partition coefficient (Wildman–Crippen LogP) is 3.79. The van der Waals surface area contributed by atoms with Gasteiger partial charge in [-0.15, -0.1) is 0 Å². The third-order valence-electron chi connectivity index (χ3n) is 6.13. The van der Waals surface area contributed by atoms with Crippen LogP contribution in [0.1, 0.15) is 56.3 Å². The van der Waals surface area contributed by atoms with Gasteiger partial charge in [0.2, 0.25) is 0 Å². The number of carbonyl (C=O) groups excluding carboxylic acids is 1. The second-order valence-electron chi connectivity index (χ2n) is 8.09. The lowest BCUT2D eigenvalue weighted by molar-refractivity contribution is -0.134. The van der Waals surface area contributed by atoms with Crippen LogP contribution < -0.4 is 10.4 Å². The van der Waals surface area contributed by atoms with Crippen LogP contribution in [0.3, 0.4) is 0 Å². The quantitative estimate of drug-likeness (QED) is 0.691. The highest BCUT2D eigenvalue weighted by molar-refractivity contribution is 6.35. The predicted molar refractivity (Wildman–Crippen MR) is 115 cm³/mol. The van der Waals surface area contributed by atoms with E-state index in [1.165, 1.54) is 4.68 Å². The lowest BCUT2D eigenvalue weighted by atomic mass is 9.95. The van der Waals surface area contributed by atoms with Gasteiger partial charge in [-0.05, 0) is 43.9 Å². The molecule has 1 saturated carbocycles. The first kappa shape index (κ1) is 21.2. The van der Waals surface area contributed by atoms with Crippen LogP contribution in [0.4, 0.5) is 0 Å². The zero-order valence-corrected chi connectivity index (χ0v) is 18.5. The van der Waals surface area contributed by atoms with Gasteiger partial charge in [-0.3, -0.25) is 9.36 Å². The summed E-state index contributed by atoms with van der Waals surface area (Å²) in [5.74, 6) is 1.44. The molecule has 0 unspecified atom stereocenters. The summed E-state index contributed by atoms with van der Waals surface area (Å²) in [6.07, 6.45) is 5.99. The maximum atomic E-state index is 12.6. The topological polar surface area (TPSA) is 69.4 Å². The third-order valence-corrected chi connectivity index (χ3v) is 6.66. The van der Waals surface area contributed by atoms with Crippen molar-refractivity contribution < 1.29 is 9.53 Å². The van der Waals surface area contributed by atoms with E-state index in [9.17, 15) is 9.59 Å². The lowest BCUT2D eigenvalue weighted by Gasteiger charge is -2.32. The van der Waals surface area contributed by atoms with Crippen LogP contribution >= 0.6 is 23.2 Å². The molecule has 0 bridgehead atoms. The van der Waals surface area contributed by atoms with Crippen molar-refractivity contribution in [1.82, 2.24) is 19.2 Å². The summed E-state index contributed by atoms with van der Waals surface area (Å²) in [7, 11) is 1.72. The van der Waals surface area contributed by atoms with Gasteiger partial charge in [-0.1, -0.05) is 36.0 Å². The molecule has 9 heteroatoms. The molecule has 1 amide bonds. The molecule has 0 radical (unpaired) electrons. The number of hydrogen-bond acceptors (Lipinski definition) is 4. The smallest absolute Gasteiger partial charge is 0.345 e. The van der Waals surface area contributed by atoms with Crippen molar-refractivity contribution in [1.29, 1.82) is 0 Å². The number of likely N-dealkylation sites (tertiary alicyclic amines) is 1. The number of ether oxygens (including phenoxy) is 1. The van der Waals surface area contributed by atoms with E-state index >= 15 is 0 Å². The molecule has 1 aliphatic carbocycles. The Hall–Kier alpha value is -1.99. The molecular weight excluding hydrogens is 427 g/mol. The molecule has 4 rings (SSSR count). The second-order valence-corrected chi connectivity index (χ2v) is 8.93. The van der Waals surface area contributed by atoms with E-state index in [1.54, 1.807) is 30.1 Å². The van der Waals surface area contributed by atoms with Gasteiger partial charge in [0.1, 0.15) is 11.6 Å². The Morgan fingerprint density at radius 3 is 2.53 bits per heavy atom. The van der Waals surface area contributed by atoms with E-state index in [0.717, 1.165) is 44.3 Å². The molecule has 0 spiro atoms. The summed E-state index contributed by atoms with van der Waals surface area (Å²) < 4.78 is 8.95. The van der Waals surface area contributed by atoms with Gasteiger partial charge < -0.3 is 9.64 Å². The first-order valence-electron chi connectivity index (χ1n) is 10.4. The zero-order valence-electron chi connectivity index (χ0n) is 17.0. The molecule has 1 aliphatic heterocycles. The van der Waals surface area contributed by atoms with Crippen molar-refractivity contribution in [2.75, 3.05) is 19.7 Å². The number of amides is 1. The van der Waals surface area contributed by atoms with Crippen LogP contribution in [-0.4, -0.2) is 44.9 Å². The molecule has 1 saturated heterocycles. The molecule has 1 aromatic heterocycles. The van der Waals surface area contributed by atoms with Crippen molar-refractivity contribution in [3.63, 3.8) is 0 Å². The first-order chi connectivity index (χ1) is 14.4. The highest BCUT2D eigenvalue weighted by Crippen LogP contribution is 2.33. The summed E-state index contributed by atoms with van der Waals surface area (Å²) in [6.45, 7) is 1.18. The van der Waals surface area contributed by atoms with Crippen molar-refractivity contribution >= 4 is 29.1 Å². The largest absolute Gasteiger partial charge is 0.482 e. The standard InChI is InChI=1S/C21H26Cl2N4O3/c1-25-21(29)27(16-4-2-3-5-16)20(24-25)14-8-10-26(11-9-14)19(28)13-30-18-7-6-15(22)12-17(18)23/h6-7,12,14,16H,2-5,8-11,13H2,1H3. The Morgan fingerprint density at radius 1 is 1.17 bits per heavy atom. The van der Waals surface area contributed by atoms with Crippen molar-refractivity contribution in [3.05, 3.63) is 44.6 Å². The number of piperidine rings is 1. The fraction of sp³-hybridized carbons (Fsp3) is 0.571. The zero-order chi connectivity index (χ0) is 21.3. The number of rotatable bonds is 5. The molecule has 2 aliphatic rings. The van der Waals surface area contributed by atoms with Crippen LogP contribution in [0.2, 0.25) is 10.0 Å². The number of benzene rings is 1. The van der Waals surface area contributed by atoms with Gasteiger partial charge in [-0.2, -0.15) is 5.10 Å². The van der Waals surface area contributed by atoms with Gasteiger partial charge in [-0.25, -0.2) is 9.48 Å². The number of aryl methyl sites for hydroxylation is 1. The molecule has 2 fully saturated rings. The Kier molecular flexibility index (Phi) is 6.39. The lowest BCUT2D eigenvalue weighted by Crippen LogP contribution is -2.41. The van der Waals surface area contributed by atoms with E-state index in [4.69, 9.17) is 27.9 Å². The number of carbonyl (C=O) groups is 1. The normalized spacial score (nSPS) is 18.2. The minimum atomic E-state index is -0.0753. The average Bonchev–Trinajstić information content (AvgIpc) is 3.36. The Morgan fingerprint density at radius 2 is 1.87 bits per heavy atom. The van der Waals surface area contributed by atoms with Gasteiger partial charge in [0, 0.05) is 37.1 Å². The van der Waals surface area contributed by atoms with Gasteiger partial charge in [0.15, 0.2) is 6.61 Å². The molecule has 0 atom stereocenters. The van der Waals surface area contributed by atoms with Crippen LogP contribution in [0.5, 0.6) is 5.75 Å². The maximum absolute atomic E-state index is 12.6. The molecule has 2 aromatic rings. The van der Waals surface area contributed by atoms with E-state index < -0.39 is 0 Å². The highest BCUT2D eigenvalue weighted by atomic mass is 35.5. The van der Waals surface area contributed by atoms with Crippen LogP contribution in [0, 0.1) is 0 Å². The van der Waals surface area contributed by atoms with Crippen LogP contribution in [0.25, 0.3) is 0 Å². The third kappa shape index (κ3) is 4.37. The summed E-state index contributed by atoms with van der Waals surface area (Å²) in [5, 5.41) is 5.46. The maximum Gasteiger partial charge on any atom is 0.345 e. The molecule has 7 nitrogen and oxygen atoms in total. The van der Waals surface area contributed by atoms with Gasteiger partial charge >= 0.3 is 5.69 Å². The van der Waals surface area contributed by atoms with E-state index in [-0.39, 0.29) is 30.2 Å². The molecule has 30 heavy (non-hydrogen) atoms. The Labute approximate surface area is 185 Å². The minimum absolute atomic E-state index is 0.0244. The van der Waals surface area contributed by atoms with Crippen LogP contribution in [0.15, 0.2) is 23.0 Å². The number of nitrogens with zero attached hydrogens (tertiary/aromatic N) is 4. The van der Waals surface area contributed by atoms with Crippen molar-refractivity contribution in [2.24, 2.45) is 7.05 Å². The molecular formula is C21H26Cl2N4O3. The van der Waals surface area contributed by atoms with E-state index in [2.05, 4.69) is 5.10 Å². The molecule has 1 aromatic carbocycles. The minimum Gasteiger partial charge on any atom is -0.482 e. The molecule has 2 heterocycles. The fourth-order valence-corrected chi connectivity index (χ4v) is 4.96. The molecule has 0 N–H and O–H groups in total. The Bertz CT molecular complexity index is 973. The second kappa shape index (κ2) is 9.02. The summed E-state index contributed by atoms with van der Waals surface area (Å²) >= 11 is 12.0. The summed E-state index contributed by atoms with van der Waals surface area (Å²) in [6, 6.07) is 5.19. The monoisotopic (exact) mass is 452 g/mol. The fourth-order valence-electron chi connectivity index (χ4n) is 4.49. The summed E-state index contributed by atoms with van der Waals surface area (Å²) in [5.41, 5.74) is -0.0244. The van der Waals surface area contributed by atoms with Gasteiger partial charge in [0.05, 0.1) is 5.02 Å². The van der Waals surface area contributed by atoms with Crippen LogP contribution in [-0.2, 0) is 11.8 Å². The first-order valence-corrected chi connectivity index (χ1v) is 11.2. The van der Waals surface area contributed by atoms with Gasteiger partial charge in [0.25, 0.3) is 5.91 Å². The van der Waals surface area contributed by atoms with Crippen molar-refractivity contribution in [2.45, 2.75) is 50.5 Å². The van der Waals surface area contributed by atoms with Crippen molar-refractivity contribution in [3.8, 4) is 5.75 Å². The van der Waals surface area contributed by atoms with E-state index in [0.29, 0.717) is 28.9 Å². The Balaban J connectivity index is 1.36. The number of hydrogen-bond donors (Lipinski definition) is 0. The average molecular weight is 453 g/mol. The number of aromatic nitrogens is 3.